The molecule has 2 aliphatic rings. The van der Waals surface area contributed by atoms with Gasteiger partial charge in [0.15, 0.2) is 5.78 Å². The number of piperidine rings is 1. The molecule has 2 bridgehead atoms. The van der Waals surface area contributed by atoms with E-state index in [4.69, 9.17) is 0 Å². The van der Waals surface area contributed by atoms with Gasteiger partial charge in [-0.05, 0) is 95.1 Å². The van der Waals surface area contributed by atoms with Crippen molar-refractivity contribution >= 4 is 29.3 Å². The lowest BCUT2D eigenvalue weighted by Crippen LogP contribution is -2.43. The quantitative estimate of drug-likeness (QED) is 0.462. The lowest BCUT2D eigenvalue weighted by Gasteiger charge is -2.34. The standard InChI is InChI=1S/C30H39N3O/c1-6-32(7-2)24-14-10-22(11-15-24)20-26-28-18-19-29(31(28)5)27(30(26)34)21-23-12-16-25(17-13-23)33(8-3)9-4/h10-17,20-21,28-29H,6-9,18-19H2,1-5H3/b26-20-,27-21-/t28-,29-/m0/s1. The van der Waals surface area contributed by atoms with Crippen LogP contribution in [0.1, 0.15) is 51.7 Å². The average Bonchev–Trinajstić information content (AvgIpc) is 3.18. The number of nitrogens with zero attached hydrogens (tertiary/aromatic N) is 3. The molecule has 180 valence electrons. The fourth-order valence-electron chi connectivity index (χ4n) is 5.58. The highest BCUT2D eigenvalue weighted by atomic mass is 16.1. The Morgan fingerprint density at radius 2 is 1.06 bits per heavy atom. The summed E-state index contributed by atoms with van der Waals surface area (Å²) in [6.07, 6.45) is 6.31. The molecule has 2 atom stereocenters. The molecule has 2 heterocycles. The molecule has 34 heavy (non-hydrogen) atoms. The number of fused-ring (bicyclic) bond motifs is 2. The van der Waals surface area contributed by atoms with E-state index in [1.165, 1.54) is 11.4 Å². The first-order valence-electron chi connectivity index (χ1n) is 12.9. The van der Waals surface area contributed by atoms with E-state index in [0.717, 1.165) is 61.3 Å². The van der Waals surface area contributed by atoms with Gasteiger partial charge < -0.3 is 9.80 Å². The molecule has 2 aromatic carbocycles. The number of carbonyl (C=O) groups is 1. The predicted molar refractivity (Wildman–Crippen MR) is 146 cm³/mol. The van der Waals surface area contributed by atoms with Crippen molar-refractivity contribution in [2.75, 3.05) is 43.0 Å². The lowest BCUT2D eigenvalue weighted by molar-refractivity contribution is -0.114. The summed E-state index contributed by atoms with van der Waals surface area (Å²) in [4.78, 5) is 20.8. The minimum absolute atomic E-state index is 0.210. The van der Waals surface area contributed by atoms with E-state index in [1.54, 1.807) is 0 Å². The van der Waals surface area contributed by atoms with Crippen LogP contribution < -0.4 is 9.80 Å². The first kappa shape index (κ1) is 24.3. The molecule has 4 nitrogen and oxygen atoms in total. The molecule has 4 rings (SSSR count). The van der Waals surface area contributed by atoms with Crippen LogP contribution in [0.2, 0.25) is 0 Å². The SMILES string of the molecule is CCN(CC)c1ccc(/C=C2\C(=O)/C(=C\c3ccc(N(CC)CC)cc3)[C@@H]3CC[C@@H]2N3C)cc1. The van der Waals surface area contributed by atoms with Crippen LogP contribution in [-0.4, -0.2) is 56.0 Å². The molecule has 0 N–H and O–H groups in total. The van der Waals surface area contributed by atoms with E-state index in [9.17, 15) is 4.79 Å². The Labute approximate surface area is 205 Å². The maximum absolute atomic E-state index is 13.7. The van der Waals surface area contributed by atoms with E-state index in [-0.39, 0.29) is 17.9 Å². The molecule has 0 aromatic heterocycles. The van der Waals surface area contributed by atoms with Gasteiger partial charge in [0.25, 0.3) is 0 Å². The Bertz CT molecular complexity index is 960. The zero-order valence-electron chi connectivity index (χ0n) is 21.4. The molecule has 0 aliphatic carbocycles. The van der Waals surface area contributed by atoms with E-state index in [0.29, 0.717) is 0 Å². The van der Waals surface area contributed by atoms with Crippen molar-refractivity contribution in [2.45, 2.75) is 52.6 Å². The molecular formula is C30H39N3O. The highest BCUT2D eigenvalue weighted by Gasteiger charge is 2.44. The summed E-state index contributed by atoms with van der Waals surface area (Å²) in [5.41, 5.74) is 6.51. The topological polar surface area (TPSA) is 26.8 Å². The largest absolute Gasteiger partial charge is 0.372 e. The van der Waals surface area contributed by atoms with Crippen molar-refractivity contribution in [2.24, 2.45) is 0 Å². The summed E-state index contributed by atoms with van der Waals surface area (Å²) in [7, 11) is 2.17. The molecule has 4 heteroatoms. The number of likely N-dealkylation sites (N-methyl/N-ethyl adjacent to an activating group) is 1. The molecule has 2 saturated heterocycles. The maximum atomic E-state index is 13.7. The fourth-order valence-corrected chi connectivity index (χ4v) is 5.58. The van der Waals surface area contributed by atoms with Gasteiger partial charge in [-0.3, -0.25) is 9.69 Å². The average molecular weight is 458 g/mol. The second kappa shape index (κ2) is 10.6. The van der Waals surface area contributed by atoms with Crippen LogP contribution in [-0.2, 0) is 4.79 Å². The number of benzene rings is 2. The molecular weight excluding hydrogens is 418 g/mol. The second-order valence-corrected chi connectivity index (χ2v) is 9.33. The molecule has 0 unspecified atom stereocenters. The molecule has 2 aromatic rings. The van der Waals surface area contributed by atoms with E-state index >= 15 is 0 Å². The smallest absolute Gasteiger partial charge is 0.188 e. The lowest BCUT2D eigenvalue weighted by atomic mass is 9.88. The van der Waals surface area contributed by atoms with E-state index < -0.39 is 0 Å². The van der Waals surface area contributed by atoms with Crippen molar-refractivity contribution < 1.29 is 4.79 Å². The van der Waals surface area contributed by atoms with Crippen LogP contribution in [0.4, 0.5) is 11.4 Å². The van der Waals surface area contributed by atoms with Gasteiger partial charge in [0, 0.05) is 60.8 Å². The van der Waals surface area contributed by atoms with Crippen molar-refractivity contribution in [3.63, 3.8) is 0 Å². The number of carbonyl (C=O) groups excluding carboxylic acids is 1. The predicted octanol–water partition coefficient (Wildman–Crippen LogP) is 5.89. The van der Waals surface area contributed by atoms with Crippen LogP contribution in [0.5, 0.6) is 0 Å². The van der Waals surface area contributed by atoms with Crippen molar-refractivity contribution in [1.82, 2.24) is 4.90 Å². The Balaban J connectivity index is 1.63. The number of anilines is 2. The molecule has 0 spiro atoms. The first-order valence-corrected chi connectivity index (χ1v) is 12.9. The fraction of sp³-hybridized carbons (Fsp3) is 0.433. The van der Waals surface area contributed by atoms with Crippen LogP contribution in [0.25, 0.3) is 12.2 Å². The van der Waals surface area contributed by atoms with Crippen molar-refractivity contribution in [1.29, 1.82) is 0 Å². The summed E-state index contributed by atoms with van der Waals surface area (Å²) < 4.78 is 0. The van der Waals surface area contributed by atoms with E-state index in [1.807, 2.05) is 0 Å². The molecule has 0 saturated carbocycles. The van der Waals surface area contributed by atoms with Gasteiger partial charge in [-0.15, -0.1) is 0 Å². The van der Waals surface area contributed by atoms with Gasteiger partial charge in [-0.1, -0.05) is 24.3 Å². The number of ketones is 1. The Morgan fingerprint density at radius 1 is 0.706 bits per heavy atom. The maximum Gasteiger partial charge on any atom is 0.188 e. The molecule has 2 aliphatic heterocycles. The third-order valence-electron chi connectivity index (χ3n) is 7.63. The van der Waals surface area contributed by atoms with Crippen molar-refractivity contribution in [3.05, 3.63) is 70.8 Å². The van der Waals surface area contributed by atoms with Crippen LogP contribution in [0, 0.1) is 0 Å². The third-order valence-corrected chi connectivity index (χ3v) is 7.63. The monoisotopic (exact) mass is 457 g/mol. The highest BCUT2D eigenvalue weighted by Crippen LogP contribution is 2.40. The van der Waals surface area contributed by atoms with Crippen LogP contribution in [0.15, 0.2) is 59.7 Å². The number of hydrogen-bond donors (Lipinski definition) is 0. The number of rotatable bonds is 8. The summed E-state index contributed by atoms with van der Waals surface area (Å²) in [6, 6.07) is 17.7. The number of Topliss-reactive ketones (excluding diaryl/α,β-unsaturated/α-hetero) is 1. The number of hydrogen-bond acceptors (Lipinski definition) is 4. The third kappa shape index (κ3) is 4.69. The normalized spacial score (nSPS) is 22.6. The summed E-state index contributed by atoms with van der Waals surface area (Å²) in [5.74, 6) is 0.214. The molecule has 0 radical (unpaired) electrons. The van der Waals surface area contributed by atoms with Gasteiger partial charge in [-0.25, -0.2) is 0 Å². The Kier molecular flexibility index (Phi) is 7.57. The highest BCUT2D eigenvalue weighted by molar-refractivity contribution is 6.16. The van der Waals surface area contributed by atoms with Crippen LogP contribution in [0.3, 0.4) is 0 Å². The van der Waals surface area contributed by atoms with Gasteiger partial charge in [0.2, 0.25) is 0 Å². The zero-order chi connectivity index (χ0) is 24.2. The van der Waals surface area contributed by atoms with Gasteiger partial charge in [0.1, 0.15) is 0 Å². The van der Waals surface area contributed by atoms with Gasteiger partial charge >= 0.3 is 0 Å². The summed E-state index contributed by atoms with van der Waals surface area (Å²) >= 11 is 0. The van der Waals surface area contributed by atoms with E-state index in [2.05, 4.69) is 110 Å². The Morgan fingerprint density at radius 3 is 1.38 bits per heavy atom. The minimum atomic E-state index is 0.210. The van der Waals surface area contributed by atoms with Crippen LogP contribution >= 0.6 is 0 Å². The van der Waals surface area contributed by atoms with Gasteiger partial charge in [0.05, 0.1) is 0 Å². The Hall–Kier alpha value is -2.85. The summed E-state index contributed by atoms with van der Waals surface area (Å²) in [5, 5.41) is 0. The first-order chi connectivity index (χ1) is 16.5. The second-order valence-electron chi connectivity index (χ2n) is 9.33. The van der Waals surface area contributed by atoms with Gasteiger partial charge in [-0.2, -0.15) is 0 Å². The summed E-state index contributed by atoms with van der Waals surface area (Å²) in [6.45, 7) is 12.7. The molecule has 0 amide bonds. The molecule has 2 fully saturated rings. The zero-order valence-corrected chi connectivity index (χ0v) is 21.4. The van der Waals surface area contributed by atoms with Crippen molar-refractivity contribution in [3.8, 4) is 0 Å². The minimum Gasteiger partial charge on any atom is -0.372 e.